The molecule has 0 atom stereocenters. The molecular weight excluding hydrogens is 431 g/mol. The smallest absolute Gasteiger partial charge is 0.445 e. The van der Waals surface area contributed by atoms with E-state index in [-0.39, 0.29) is 17.7 Å². The first-order valence-corrected chi connectivity index (χ1v) is 10.4. The van der Waals surface area contributed by atoms with Crippen LogP contribution in [0.5, 0.6) is 0 Å². The molecule has 0 saturated carbocycles. The summed E-state index contributed by atoms with van der Waals surface area (Å²) in [6.07, 6.45) is 0. The predicted molar refractivity (Wildman–Crippen MR) is 121 cm³/mol. The first-order chi connectivity index (χ1) is 15.9. The Morgan fingerprint density at radius 1 is 0.606 bits per heavy atom. The Balaban J connectivity index is 1.79. The molecular formula is C22H21B3F2O6. The van der Waals surface area contributed by atoms with Crippen molar-refractivity contribution in [1.29, 1.82) is 0 Å². The first-order valence-electron chi connectivity index (χ1n) is 10.4. The van der Waals surface area contributed by atoms with Crippen molar-refractivity contribution in [3.63, 3.8) is 0 Å². The fourth-order valence-corrected chi connectivity index (χ4v) is 3.86. The van der Waals surface area contributed by atoms with Crippen LogP contribution in [0.15, 0.2) is 54.6 Å². The van der Waals surface area contributed by atoms with E-state index in [4.69, 9.17) is 13.7 Å². The molecule has 168 valence electrons. The van der Waals surface area contributed by atoms with Crippen LogP contribution in [0.3, 0.4) is 0 Å². The summed E-state index contributed by atoms with van der Waals surface area (Å²) >= 11 is 0. The molecule has 33 heavy (non-hydrogen) atoms. The summed E-state index contributed by atoms with van der Waals surface area (Å²) in [6.45, 7) is 0.736. The maximum Gasteiger partial charge on any atom is 0.467 e. The van der Waals surface area contributed by atoms with E-state index >= 15 is 0 Å². The predicted octanol–water partition coefficient (Wildman–Crippen LogP) is 0.300. The second kappa shape index (κ2) is 10.2. The fraction of sp³-hybridized carbons (Fsp3) is 0.182. The lowest BCUT2D eigenvalue weighted by atomic mass is 9.59. The molecule has 1 fully saturated rings. The summed E-state index contributed by atoms with van der Waals surface area (Å²) < 4.78 is 45.6. The van der Waals surface area contributed by atoms with Crippen molar-refractivity contribution >= 4 is 37.7 Å². The van der Waals surface area contributed by atoms with Gasteiger partial charge in [0.15, 0.2) is 0 Å². The fourth-order valence-electron chi connectivity index (χ4n) is 3.86. The van der Waals surface area contributed by atoms with Crippen molar-refractivity contribution in [2.75, 3.05) is 0 Å². The van der Waals surface area contributed by atoms with Gasteiger partial charge < -0.3 is 29.0 Å². The monoisotopic (exact) mass is 452 g/mol. The molecule has 3 aromatic carbocycles. The third-order valence-electron chi connectivity index (χ3n) is 5.52. The van der Waals surface area contributed by atoms with E-state index in [1.165, 1.54) is 36.4 Å². The third kappa shape index (κ3) is 5.04. The molecule has 1 saturated heterocycles. The van der Waals surface area contributed by atoms with E-state index in [0.29, 0.717) is 22.0 Å². The molecule has 1 aliphatic rings. The number of halogens is 2. The lowest BCUT2D eigenvalue weighted by Crippen LogP contribution is -2.62. The minimum Gasteiger partial charge on any atom is -0.445 e. The Morgan fingerprint density at radius 3 is 1.36 bits per heavy atom. The Kier molecular flexibility index (Phi) is 7.28. The molecule has 0 bridgehead atoms. The van der Waals surface area contributed by atoms with E-state index in [9.17, 15) is 24.1 Å². The van der Waals surface area contributed by atoms with Crippen LogP contribution in [0, 0.1) is 18.6 Å². The Hall–Kier alpha value is -2.53. The lowest BCUT2D eigenvalue weighted by Gasteiger charge is -2.33. The lowest BCUT2D eigenvalue weighted by molar-refractivity contribution is 0.276. The van der Waals surface area contributed by atoms with Crippen LogP contribution < -0.4 is 16.4 Å². The van der Waals surface area contributed by atoms with Crippen molar-refractivity contribution in [2.24, 2.45) is 0 Å². The molecule has 3 N–H and O–H groups in total. The van der Waals surface area contributed by atoms with Gasteiger partial charge in [-0.15, -0.1) is 0 Å². The number of benzene rings is 3. The minimum absolute atomic E-state index is 0.257. The third-order valence-corrected chi connectivity index (χ3v) is 5.52. The molecule has 0 spiro atoms. The molecule has 0 amide bonds. The Bertz CT molecular complexity index is 1000. The van der Waals surface area contributed by atoms with Crippen LogP contribution >= 0.6 is 0 Å². The van der Waals surface area contributed by atoms with Crippen molar-refractivity contribution in [3.05, 3.63) is 88.5 Å². The second-order valence-corrected chi connectivity index (χ2v) is 7.77. The maximum atomic E-state index is 13.7. The quantitative estimate of drug-likeness (QED) is 0.467. The van der Waals surface area contributed by atoms with E-state index < -0.39 is 46.2 Å². The number of rotatable bonds is 6. The zero-order valence-corrected chi connectivity index (χ0v) is 17.9. The van der Waals surface area contributed by atoms with Crippen LogP contribution in [-0.2, 0) is 33.5 Å². The summed E-state index contributed by atoms with van der Waals surface area (Å²) in [4.78, 5) is 0. The molecule has 0 aliphatic carbocycles. The maximum absolute atomic E-state index is 13.7. The van der Waals surface area contributed by atoms with Gasteiger partial charge >= 0.3 is 21.4 Å². The van der Waals surface area contributed by atoms with Crippen LogP contribution in [0.25, 0.3) is 0 Å². The van der Waals surface area contributed by atoms with Gasteiger partial charge in [0.05, 0.1) is 19.8 Å². The summed E-state index contributed by atoms with van der Waals surface area (Å²) in [6, 6.07) is 13.1. The highest BCUT2D eigenvalue weighted by Gasteiger charge is 2.45. The highest BCUT2D eigenvalue weighted by molar-refractivity contribution is 6.87. The molecule has 0 unspecified atom stereocenters. The van der Waals surface area contributed by atoms with Gasteiger partial charge in [-0.1, -0.05) is 35.9 Å². The van der Waals surface area contributed by atoms with Crippen LogP contribution in [0.2, 0.25) is 0 Å². The SMILES string of the molecule is Cc1ccc(B2OB(c3ccc(F)cc3CO)OB(c3ccc(F)cc3CO)O2)c(CO)c1. The number of hydrogen-bond acceptors (Lipinski definition) is 6. The number of aliphatic hydroxyl groups is 3. The van der Waals surface area contributed by atoms with Gasteiger partial charge in [-0.2, -0.15) is 0 Å². The van der Waals surface area contributed by atoms with Crippen LogP contribution in [0.1, 0.15) is 22.3 Å². The zero-order valence-electron chi connectivity index (χ0n) is 17.9. The zero-order chi connectivity index (χ0) is 23.5. The van der Waals surface area contributed by atoms with Crippen molar-refractivity contribution in [1.82, 2.24) is 0 Å². The number of hydrogen-bond donors (Lipinski definition) is 3. The second-order valence-electron chi connectivity index (χ2n) is 7.77. The summed E-state index contributed by atoms with van der Waals surface area (Å²) in [7, 11) is -3.17. The molecule has 3 aromatic rings. The van der Waals surface area contributed by atoms with E-state index in [1.807, 2.05) is 13.0 Å². The Labute approximate surface area is 191 Å². The average Bonchev–Trinajstić information content (AvgIpc) is 2.83. The molecule has 4 rings (SSSR count). The van der Waals surface area contributed by atoms with E-state index in [2.05, 4.69) is 0 Å². The minimum atomic E-state index is -1.08. The van der Waals surface area contributed by atoms with Gasteiger partial charge in [-0.05, 0) is 64.3 Å². The summed E-state index contributed by atoms with van der Waals surface area (Å²) in [5.41, 5.74) is 3.40. The van der Waals surface area contributed by atoms with Crippen molar-refractivity contribution in [3.8, 4) is 0 Å². The number of aryl methyl sites for hydroxylation is 1. The molecule has 1 heterocycles. The van der Waals surface area contributed by atoms with Crippen LogP contribution in [-0.4, -0.2) is 36.7 Å². The normalized spacial score (nSPS) is 14.2. The van der Waals surface area contributed by atoms with Gasteiger partial charge in [-0.3, -0.25) is 0 Å². The standard InChI is InChI=1S/C22H21B3F2O6/c1-14-2-5-20(15(8-14)11-28)23-31-24(21-6-3-18(26)9-16(21)12-29)33-25(32-23)22-7-4-19(27)10-17(22)13-30/h2-10,28-30H,11-13H2,1H3. The molecule has 0 aromatic heterocycles. The van der Waals surface area contributed by atoms with Gasteiger partial charge in [0.2, 0.25) is 0 Å². The molecule has 11 heteroatoms. The summed E-state index contributed by atoms with van der Waals surface area (Å²) in [5, 5.41) is 29.4. The van der Waals surface area contributed by atoms with Crippen molar-refractivity contribution in [2.45, 2.75) is 26.7 Å². The summed E-state index contributed by atoms with van der Waals surface area (Å²) in [5.74, 6) is -1.05. The topological polar surface area (TPSA) is 88.4 Å². The average molecular weight is 452 g/mol. The van der Waals surface area contributed by atoms with Gasteiger partial charge in [0.1, 0.15) is 11.6 Å². The highest BCUT2D eigenvalue weighted by Crippen LogP contribution is 2.16. The first kappa shape index (κ1) is 23.6. The van der Waals surface area contributed by atoms with Gasteiger partial charge in [0.25, 0.3) is 0 Å². The van der Waals surface area contributed by atoms with E-state index in [0.717, 1.165) is 5.56 Å². The molecule has 6 nitrogen and oxygen atoms in total. The van der Waals surface area contributed by atoms with E-state index in [1.54, 1.807) is 12.1 Å². The van der Waals surface area contributed by atoms with Crippen LogP contribution in [0.4, 0.5) is 8.78 Å². The number of aliphatic hydroxyl groups excluding tert-OH is 3. The van der Waals surface area contributed by atoms with Gasteiger partial charge in [-0.25, -0.2) is 8.78 Å². The van der Waals surface area contributed by atoms with Gasteiger partial charge in [0, 0.05) is 0 Å². The Morgan fingerprint density at radius 2 is 0.970 bits per heavy atom. The highest BCUT2D eigenvalue weighted by atomic mass is 19.1. The largest absolute Gasteiger partial charge is 0.467 e. The van der Waals surface area contributed by atoms with Crippen molar-refractivity contribution < 1.29 is 37.8 Å². The molecule has 1 aliphatic heterocycles. The molecule has 0 radical (unpaired) electrons.